The van der Waals surface area contributed by atoms with E-state index in [0.29, 0.717) is 19.0 Å². The first kappa shape index (κ1) is 12.5. The standard InChI is InChI=1S/C15H20N2O2/c18-14-8-9-17(15(19)16-12-6-7-12)13(14)10-11-4-2-1-3-5-11/h1-5,12-14,18H,6-10H2,(H,16,19)/t13-,14+/m0/s1. The third kappa shape index (κ3) is 2.89. The van der Waals surface area contributed by atoms with Crippen LogP contribution in [-0.4, -0.2) is 40.8 Å². The normalized spacial score (nSPS) is 26.5. The van der Waals surface area contributed by atoms with E-state index < -0.39 is 6.10 Å². The molecule has 1 saturated heterocycles. The van der Waals surface area contributed by atoms with Gasteiger partial charge in [0.1, 0.15) is 0 Å². The summed E-state index contributed by atoms with van der Waals surface area (Å²) in [5.41, 5.74) is 1.16. The highest BCUT2D eigenvalue weighted by molar-refractivity contribution is 5.75. The van der Waals surface area contributed by atoms with Gasteiger partial charge in [-0.1, -0.05) is 30.3 Å². The second kappa shape index (κ2) is 5.21. The molecule has 3 rings (SSSR count). The van der Waals surface area contributed by atoms with Gasteiger partial charge in [-0.05, 0) is 31.2 Å². The first-order chi connectivity index (χ1) is 9.24. The molecule has 1 aromatic rings. The number of carbonyl (C=O) groups excluding carboxylic acids is 1. The number of hydrogen-bond acceptors (Lipinski definition) is 2. The first-order valence-electron chi connectivity index (χ1n) is 7.03. The third-order valence-electron chi connectivity index (χ3n) is 3.96. The summed E-state index contributed by atoms with van der Waals surface area (Å²) < 4.78 is 0. The summed E-state index contributed by atoms with van der Waals surface area (Å²) >= 11 is 0. The van der Waals surface area contributed by atoms with Crippen molar-refractivity contribution >= 4 is 6.03 Å². The van der Waals surface area contributed by atoms with Crippen LogP contribution in [0.3, 0.4) is 0 Å². The Kier molecular flexibility index (Phi) is 3.42. The number of rotatable bonds is 3. The Bertz CT molecular complexity index is 445. The highest BCUT2D eigenvalue weighted by atomic mass is 16.3. The van der Waals surface area contributed by atoms with Gasteiger partial charge < -0.3 is 15.3 Å². The number of amides is 2. The van der Waals surface area contributed by atoms with Crippen molar-refractivity contribution in [2.45, 2.75) is 43.9 Å². The maximum atomic E-state index is 12.1. The quantitative estimate of drug-likeness (QED) is 0.866. The summed E-state index contributed by atoms with van der Waals surface area (Å²) in [6.45, 7) is 0.650. The number of aliphatic hydroxyl groups excluding tert-OH is 1. The van der Waals surface area contributed by atoms with Gasteiger partial charge in [0.05, 0.1) is 12.1 Å². The van der Waals surface area contributed by atoms with Crippen molar-refractivity contribution in [2.75, 3.05) is 6.54 Å². The fraction of sp³-hybridized carbons (Fsp3) is 0.533. The first-order valence-corrected chi connectivity index (χ1v) is 7.03. The van der Waals surface area contributed by atoms with Crippen molar-refractivity contribution < 1.29 is 9.90 Å². The van der Waals surface area contributed by atoms with Crippen molar-refractivity contribution in [1.29, 1.82) is 0 Å². The smallest absolute Gasteiger partial charge is 0.317 e. The summed E-state index contributed by atoms with van der Waals surface area (Å²) in [4.78, 5) is 13.9. The van der Waals surface area contributed by atoms with Crippen LogP contribution in [0.25, 0.3) is 0 Å². The number of likely N-dealkylation sites (tertiary alicyclic amines) is 1. The average molecular weight is 260 g/mol. The highest BCUT2D eigenvalue weighted by Crippen LogP contribution is 2.24. The van der Waals surface area contributed by atoms with E-state index in [1.165, 1.54) is 0 Å². The monoisotopic (exact) mass is 260 g/mol. The van der Waals surface area contributed by atoms with Crippen LogP contribution in [0, 0.1) is 0 Å². The minimum atomic E-state index is -0.412. The number of nitrogens with zero attached hydrogens (tertiary/aromatic N) is 1. The molecule has 19 heavy (non-hydrogen) atoms. The van der Waals surface area contributed by atoms with Gasteiger partial charge >= 0.3 is 6.03 Å². The zero-order chi connectivity index (χ0) is 13.2. The fourth-order valence-electron chi connectivity index (χ4n) is 2.68. The van der Waals surface area contributed by atoms with Crippen LogP contribution in [0.4, 0.5) is 4.79 Å². The number of aliphatic hydroxyl groups is 1. The van der Waals surface area contributed by atoms with Crippen molar-refractivity contribution in [3.8, 4) is 0 Å². The molecule has 2 N–H and O–H groups in total. The number of benzene rings is 1. The van der Waals surface area contributed by atoms with Crippen LogP contribution in [0.15, 0.2) is 30.3 Å². The molecule has 1 aliphatic carbocycles. The molecule has 2 fully saturated rings. The topological polar surface area (TPSA) is 52.6 Å². The largest absolute Gasteiger partial charge is 0.391 e. The van der Waals surface area contributed by atoms with Gasteiger partial charge in [-0.3, -0.25) is 0 Å². The van der Waals surface area contributed by atoms with Gasteiger partial charge in [0.25, 0.3) is 0 Å². The van der Waals surface area contributed by atoms with E-state index in [1.807, 2.05) is 30.3 Å². The number of urea groups is 1. The lowest BCUT2D eigenvalue weighted by Gasteiger charge is -2.26. The summed E-state index contributed by atoms with van der Waals surface area (Å²) in [6, 6.07) is 10.3. The second-order valence-corrected chi connectivity index (χ2v) is 5.53. The summed E-state index contributed by atoms with van der Waals surface area (Å²) in [6.07, 6.45) is 3.16. The van der Waals surface area contributed by atoms with Gasteiger partial charge in [-0.2, -0.15) is 0 Å². The van der Waals surface area contributed by atoms with E-state index in [0.717, 1.165) is 24.8 Å². The Morgan fingerprint density at radius 1 is 1.26 bits per heavy atom. The van der Waals surface area contributed by atoms with Gasteiger partial charge in [0.15, 0.2) is 0 Å². The molecule has 0 spiro atoms. The Morgan fingerprint density at radius 3 is 2.68 bits per heavy atom. The lowest BCUT2D eigenvalue weighted by atomic mass is 10.0. The molecule has 4 nitrogen and oxygen atoms in total. The molecule has 4 heteroatoms. The van der Waals surface area contributed by atoms with Crippen LogP contribution in [0.5, 0.6) is 0 Å². The van der Waals surface area contributed by atoms with E-state index >= 15 is 0 Å². The van der Waals surface area contributed by atoms with Crippen LogP contribution < -0.4 is 5.32 Å². The van der Waals surface area contributed by atoms with Crippen molar-refractivity contribution in [1.82, 2.24) is 10.2 Å². The molecular weight excluding hydrogens is 240 g/mol. The maximum absolute atomic E-state index is 12.1. The summed E-state index contributed by atoms with van der Waals surface area (Å²) in [5, 5.41) is 13.1. The summed E-state index contributed by atoms with van der Waals surface area (Å²) in [7, 11) is 0. The van der Waals surface area contributed by atoms with Crippen LogP contribution in [-0.2, 0) is 6.42 Å². The minimum Gasteiger partial charge on any atom is -0.391 e. The second-order valence-electron chi connectivity index (χ2n) is 5.53. The van der Waals surface area contributed by atoms with E-state index in [-0.39, 0.29) is 12.1 Å². The SMILES string of the molecule is O=C(NC1CC1)N1CC[C@@H](O)[C@@H]1Cc1ccccc1. The van der Waals surface area contributed by atoms with Gasteiger partial charge in [0, 0.05) is 12.6 Å². The molecule has 0 bridgehead atoms. The van der Waals surface area contributed by atoms with E-state index in [2.05, 4.69) is 5.32 Å². The predicted molar refractivity (Wildman–Crippen MR) is 72.8 cm³/mol. The molecule has 1 aromatic carbocycles. The molecule has 1 heterocycles. The molecule has 102 valence electrons. The molecule has 1 aliphatic heterocycles. The fourth-order valence-corrected chi connectivity index (χ4v) is 2.68. The van der Waals surface area contributed by atoms with E-state index in [1.54, 1.807) is 4.90 Å². The van der Waals surface area contributed by atoms with Crippen LogP contribution in [0.2, 0.25) is 0 Å². The predicted octanol–water partition coefficient (Wildman–Crippen LogP) is 1.54. The zero-order valence-corrected chi connectivity index (χ0v) is 11.0. The Balaban J connectivity index is 1.67. The third-order valence-corrected chi connectivity index (χ3v) is 3.96. The minimum absolute atomic E-state index is 0.0139. The molecule has 2 aliphatic rings. The van der Waals surface area contributed by atoms with E-state index in [4.69, 9.17) is 0 Å². The van der Waals surface area contributed by atoms with Crippen molar-refractivity contribution in [2.24, 2.45) is 0 Å². The lowest BCUT2D eigenvalue weighted by molar-refractivity contribution is 0.122. The molecule has 2 atom stereocenters. The summed E-state index contributed by atoms with van der Waals surface area (Å²) in [5.74, 6) is 0. The van der Waals surface area contributed by atoms with E-state index in [9.17, 15) is 9.90 Å². The zero-order valence-electron chi connectivity index (χ0n) is 11.0. The maximum Gasteiger partial charge on any atom is 0.317 e. The number of nitrogens with one attached hydrogen (secondary N) is 1. The molecule has 0 radical (unpaired) electrons. The molecular formula is C15H20N2O2. The molecule has 2 amide bonds. The van der Waals surface area contributed by atoms with Crippen molar-refractivity contribution in [3.63, 3.8) is 0 Å². The van der Waals surface area contributed by atoms with Gasteiger partial charge in [-0.15, -0.1) is 0 Å². The Hall–Kier alpha value is -1.55. The Morgan fingerprint density at radius 2 is 2.00 bits per heavy atom. The highest BCUT2D eigenvalue weighted by Gasteiger charge is 2.37. The Labute approximate surface area is 113 Å². The average Bonchev–Trinajstić information content (AvgIpc) is 3.15. The molecule has 0 aromatic heterocycles. The van der Waals surface area contributed by atoms with Crippen LogP contribution in [0.1, 0.15) is 24.8 Å². The van der Waals surface area contributed by atoms with Gasteiger partial charge in [0.2, 0.25) is 0 Å². The van der Waals surface area contributed by atoms with Crippen molar-refractivity contribution in [3.05, 3.63) is 35.9 Å². The number of carbonyl (C=O) groups is 1. The molecule has 1 saturated carbocycles. The molecule has 0 unspecified atom stereocenters. The van der Waals surface area contributed by atoms with Crippen LogP contribution >= 0.6 is 0 Å². The number of hydrogen-bond donors (Lipinski definition) is 2. The van der Waals surface area contributed by atoms with Gasteiger partial charge in [-0.25, -0.2) is 4.79 Å². The lowest BCUT2D eigenvalue weighted by Crippen LogP contribution is -2.46.